The third kappa shape index (κ3) is 6.02. The second-order valence-corrected chi connectivity index (χ2v) is 11.1. The largest absolute Gasteiger partial charge is 0.507 e. The van der Waals surface area contributed by atoms with Crippen LogP contribution in [-0.2, 0) is 0 Å². The number of benzene rings is 6. The van der Waals surface area contributed by atoms with E-state index >= 15 is 0 Å². The van der Waals surface area contributed by atoms with E-state index in [4.69, 9.17) is 0 Å². The topological polar surface area (TPSA) is 60.7 Å². The molecule has 0 fully saturated rings. The molecule has 6 aromatic rings. The molecule has 0 heterocycles. The Kier molecular flexibility index (Phi) is 7.97. The van der Waals surface area contributed by atoms with Crippen LogP contribution in [-0.4, -0.2) is 15.3 Å². The molecule has 1 atom stereocenters. The van der Waals surface area contributed by atoms with Crippen molar-refractivity contribution in [2.24, 2.45) is 0 Å². The predicted octanol–water partition coefficient (Wildman–Crippen LogP) is 10.1. The normalized spacial score (nSPS) is 11.9. The Hall–Kier alpha value is -5.28. The summed E-state index contributed by atoms with van der Waals surface area (Å²) >= 11 is 0. The Morgan fingerprint density at radius 1 is 0.419 bits per heavy atom. The summed E-state index contributed by atoms with van der Waals surface area (Å²) in [7, 11) is 0. The number of phenols is 3. The van der Waals surface area contributed by atoms with Crippen LogP contribution >= 0.6 is 0 Å². The molecule has 43 heavy (non-hydrogen) atoms. The van der Waals surface area contributed by atoms with Crippen LogP contribution in [0.15, 0.2) is 146 Å². The molecule has 0 bridgehead atoms. The molecule has 0 aliphatic rings. The van der Waals surface area contributed by atoms with Crippen molar-refractivity contribution in [3.05, 3.63) is 162 Å². The van der Waals surface area contributed by atoms with E-state index in [-0.39, 0.29) is 29.1 Å². The van der Waals surface area contributed by atoms with Gasteiger partial charge < -0.3 is 15.3 Å². The highest BCUT2D eigenvalue weighted by Crippen LogP contribution is 2.42. The van der Waals surface area contributed by atoms with Gasteiger partial charge in [-0.05, 0) is 82.1 Å². The Balaban J connectivity index is 1.44. The Morgan fingerprint density at radius 2 is 0.744 bits per heavy atom. The minimum absolute atomic E-state index is 0.0323. The Labute approximate surface area is 253 Å². The third-order valence-electron chi connectivity index (χ3n) is 8.28. The van der Waals surface area contributed by atoms with Crippen molar-refractivity contribution in [1.29, 1.82) is 0 Å². The molecule has 3 nitrogen and oxygen atoms in total. The fourth-order valence-electron chi connectivity index (χ4n) is 5.90. The number of hydrogen-bond donors (Lipinski definition) is 3. The molecule has 1 unspecified atom stereocenters. The van der Waals surface area contributed by atoms with Gasteiger partial charge in [-0.3, -0.25) is 0 Å². The molecular formula is C40H34O3. The summed E-state index contributed by atoms with van der Waals surface area (Å²) in [5, 5.41) is 32.4. The van der Waals surface area contributed by atoms with Gasteiger partial charge in [-0.1, -0.05) is 116 Å². The molecule has 0 saturated carbocycles. The van der Waals surface area contributed by atoms with Gasteiger partial charge in [-0.25, -0.2) is 0 Å². The van der Waals surface area contributed by atoms with E-state index in [1.807, 2.05) is 109 Å². The van der Waals surface area contributed by atoms with E-state index in [9.17, 15) is 15.3 Å². The second-order valence-electron chi connectivity index (χ2n) is 11.1. The SMILES string of the molecule is CC(CC(c1ccc(O)c(-c2ccccc2)c1)c1ccc(O)c(-c2ccccc2)c1)c1ccc(O)c(-c2ccccc2)c1. The van der Waals surface area contributed by atoms with E-state index in [0.29, 0.717) is 0 Å². The summed E-state index contributed by atoms with van der Waals surface area (Å²) in [4.78, 5) is 0. The summed E-state index contributed by atoms with van der Waals surface area (Å²) < 4.78 is 0. The van der Waals surface area contributed by atoms with Gasteiger partial charge in [0.05, 0.1) is 0 Å². The lowest BCUT2D eigenvalue weighted by Gasteiger charge is -2.25. The van der Waals surface area contributed by atoms with Crippen LogP contribution in [0.2, 0.25) is 0 Å². The van der Waals surface area contributed by atoms with E-state index in [0.717, 1.165) is 56.5 Å². The van der Waals surface area contributed by atoms with Crippen molar-refractivity contribution < 1.29 is 15.3 Å². The van der Waals surface area contributed by atoms with Gasteiger partial charge in [-0.15, -0.1) is 0 Å². The molecule has 6 rings (SSSR count). The van der Waals surface area contributed by atoms with Crippen molar-refractivity contribution in [3.8, 4) is 50.6 Å². The van der Waals surface area contributed by atoms with Crippen LogP contribution in [0.25, 0.3) is 33.4 Å². The number of rotatable bonds is 8. The van der Waals surface area contributed by atoms with Gasteiger partial charge in [0.2, 0.25) is 0 Å². The van der Waals surface area contributed by atoms with Crippen molar-refractivity contribution >= 4 is 0 Å². The summed E-state index contributed by atoms with van der Waals surface area (Å²) in [6, 6.07) is 47.4. The first kappa shape index (κ1) is 27.9. The molecule has 0 aliphatic carbocycles. The molecule has 3 heteroatoms. The van der Waals surface area contributed by atoms with E-state index in [1.54, 1.807) is 18.2 Å². The number of aromatic hydroxyl groups is 3. The van der Waals surface area contributed by atoms with Crippen molar-refractivity contribution in [2.45, 2.75) is 25.2 Å². The fraction of sp³-hybridized carbons (Fsp3) is 0.100. The maximum atomic E-state index is 10.8. The lowest BCUT2D eigenvalue weighted by molar-refractivity contribution is 0.476. The zero-order valence-corrected chi connectivity index (χ0v) is 24.1. The molecule has 3 N–H and O–H groups in total. The highest BCUT2D eigenvalue weighted by molar-refractivity contribution is 5.73. The smallest absolute Gasteiger partial charge is 0.123 e. The molecule has 0 aromatic heterocycles. The third-order valence-corrected chi connectivity index (χ3v) is 8.28. The zero-order chi connectivity index (χ0) is 29.8. The molecule has 212 valence electrons. The fourth-order valence-corrected chi connectivity index (χ4v) is 5.90. The maximum Gasteiger partial charge on any atom is 0.123 e. The second kappa shape index (κ2) is 12.3. The number of hydrogen-bond acceptors (Lipinski definition) is 3. The summed E-state index contributed by atoms with van der Waals surface area (Å²) in [5.41, 5.74) is 8.56. The molecule has 0 saturated heterocycles. The average molecular weight is 563 g/mol. The van der Waals surface area contributed by atoms with Crippen LogP contribution in [0.5, 0.6) is 17.2 Å². The summed E-state index contributed by atoms with van der Waals surface area (Å²) in [6.07, 6.45) is 0.775. The average Bonchev–Trinajstić information content (AvgIpc) is 3.05. The quantitative estimate of drug-likeness (QED) is 0.173. The monoisotopic (exact) mass is 562 g/mol. The van der Waals surface area contributed by atoms with Gasteiger partial charge in [0, 0.05) is 22.6 Å². The first-order valence-corrected chi connectivity index (χ1v) is 14.6. The molecule has 0 radical (unpaired) electrons. The van der Waals surface area contributed by atoms with Crippen LogP contribution in [0.4, 0.5) is 0 Å². The van der Waals surface area contributed by atoms with Crippen LogP contribution in [0.1, 0.15) is 41.9 Å². The Morgan fingerprint density at radius 3 is 1.12 bits per heavy atom. The lowest BCUT2D eigenvalue weighted by Crippen LogP contribution is -2.07. The standard InChI is InChI=1S/C40H34O3/c1-27(31-17-20-38(41)35(24-31)28-11-5-2-6-12-28)23-34(32-18-21-39(42)36(25-32)29-13-7-3-8-14-29)33-19-22-40(43)37(26-33)30-15-9-4-10-16-30/h2-22,24-27,34,41-43H,23H2,1H3. The minimum Gasteiger partial charge on any atom is -0.507 e. The van der Waals surface area contributed by atoms with Crippen molar-refractivity contribution in [2.75, 3.05) is 0 Å². The van der Waals surface area contributed by atoms with Crippen LogP contribution in [0.3, 0.4) is 0 Å². The van der Waals surface area contributed by atoms with Gasteiger partial charge in [0.15, 0.2) is 0 Å². The highest BCUT2D eigenvalue weighted by atomic mass is 16.3. The van der Waals surface area contributed by atoms with Gasteiger partial charge in [0.25, 0.3) is 0 Å². The predicted molar refractivity (Wildman–Crippen MR) is 176 cm³/mol. The zero-order valence-electron chi connectivity index (χ0n) is 24.1. The van der Waals surface area contributed by atoms with Gasteiger partial charge in [0.1, 0.15) is 17.2 Å². The molecule has 6 aromatic carbocycles. The van der Waals surface area contributed by atoms with E-state index in [2.05, 4.69) is 25.1 Å². The van der Waals surface area contributed by atoms with E-state index < -0.39 is 0 Å². The minimum atomic E-state index is -0.0323. The van der Waals surface area contributed by atoms with Crippen LogP contribution in [0, 0.1) is 0 Å². The van der Waals surface area contributed by atoms with Crippen molar-refractivity contribution in [1.82, 2.24) is 0 Å². The Bertz CT molecular complexity index is 1740. The molecular weight excluding hydrogens is 528 g/mol. The van der Waals surface area contributed by atoms with Crippen LogP contribution < -0.4 is 0 Å². The highest BCUT2D eigenvalue weighted by Gasteiger charge is 2.22. The van der Waals surface area contributed by atoms with Gasteiger partial charge >= 0.3 is 0 Å². The van der Waals surface area contributed by atoms with E-state index in [1.165, 1.54) is 0 Å². The molecule has 0 aliphatic heterocycles. The lowest BCUT2D eigenvalue weighted by atomic mass is 9.80. The molecule has 0 spiro atoms. The first-order chi connectivity index (χ1) is 21.0. The van der Waals surface area contributed by atoms with Gasteiger partial charge in [-0.2, -0.15) is 0 Å². The number of phenolic OH excluding ortho intramolecular Hbond substituents is 3. The molecule has 0 amide bonds. The summed E-state index contributed by atoms with van der Waals surface area (Å²) in [5.74, 6) is 0.842. The summed E-state index contributed by atoms with van der Waals surface area (Å²) in [6.45, 7) is 2.21. The van der Waals surface area contributed by atoms with Crippen molar-refractivity contribution in [3.63, 3.8) is 0 Å². The first-order valence-electron chi connectivity index (χ1n) is 14.6. The maximum absolute atomic E-state index is 10.8.